The Kier molecular flexibility index (Phi) is 1.84. The predicted octanol–water partition coefficient (Wildman–Crippen LogP) is 2.75. The van der Waals surface area contributed by atoms with Crippen molar-refractivity contribution in [2.24, 2.45) is 0 Å². The summed E-state index contributed by atoms with van der Waals surface area (Å²) < 4.78 is 18.7. The Balaban J connectivity index is 2.88. The predicted molar refractivity (Wildman–Crippen MR) is 50.0 cm³/mol. The lowest BCUT2D eigenvalue weighted by molar-refractivity contribution is 0.389. The van der Waals surface area contributed by atoms with Gasteiger partial charge in [0.05, 0.1) is 11.8 Å². The van der Waals surface area contributed by atoms with Crippen molar-refractivity contribution in [3.05, 3.63) is 23.3 Å². The van der Waals surface area contributed by atoms with Crippen LogP contribution in [0.25, 0.3) is 10.1 Å². The van der Waals surface area contributed by atoms with Crippen LogP contribution in [0.4, 0.5) is 4.39 Å². The Bertz CT molecular complexity index is 450. The van der Waals surface area contributed by atoms with Crippen LogP contribution in [-0.2, 0) is 0 Å². The molecule has 2 rings (SSSR count). The Morgan fingerprint density at radius 3 is 3.00 bits per heavy atom. The number of rotatable bonds is 1. The smallest absolute Gasteiger partial charge is 0.169 e. The molecule has 1 aromatic carbocycles. The zero-order chi connectivity index (χ0) is 9.42. The van der Waals surface area contributed by atoms with Crippen molar-refractivity contribution in [2.45, 2.75) is 0 Å². The first-order valence-corrected chi connectivity index (χ1v) is 4.54. The van der Waals surface area contributed by atoms with Gasteiger partial charge < -0.3 is 9.84 Å². The van der Waals surface area contributed by atoms with Crippen molar-refractivity contribution in [3.63, 3.8) is 0 Å². The molecule has 68 valence electrons. The summed E-state index contributed by atoms with van der Waals surface area (Å²) in [6.45, 7) is 0. The number of hydrogen-bond donors (Lipinski definition) is 1. The van der Waals surface area contributed by atoms with Crippen LogP contribution in [0.15, 0.2) is 17.5 Å². The number of aromatic hydroxyl groups is 1. The highest BCUT2D eigenvalue weighted by molar-refractivity contribution is 7.17. The normalized spacial score (nSPS) is 10.6. The average Bonchev–Trinajstić information content (AvgIpc) is 2.53. The summed E-state index contributed by atoms with van der Waals surface area (Å²) in [6.07, 6.45) is 0. The third-order valence-electron chi connectivity index (χ3n) is 1.83. The number of fused-ring (bicyclic) bond motifs is 1. The summed E-state index contributed by atoms with van der Waals surface area (Å²) in [5, 5.41) is 11.8. The van der Waals surface area contributed by atoms with Gasteiger partial charge >= 0.3 is 0 Å². The highest BCUT2D eigenvalue weighted by Gasteiger charge is 2.12. The minimum absolute atomic E-state index is 0.0386. The first kappa shape index (κ1) is 8.31. The summed E-state index contributed by atoms with van der Waals surface area (Å²) >= 11 is 1.36. The molecule has 1 aromatic heterocycles. The van der Waals surface area contributed by atoms with Crippen molar-refractivity contribution >= 4 is 21.4 Å². The van der Waals surface area contributed by atoms with Gasteiger partial charge in [0, 0.05) is 11.5 Å². The van der Waals surface area contributed by atoms with Crippen LogP contribution >= 0.6 is 11.3 Å². The van der Waals surface area contributed by atoms with E-state index in [1.54, 1.807) is 11.4 Å². The second kappa shape index (κ2) is 2.88. The fraction of sp³-hybridized carbons (Fsp3) is 0.111. The molecule has 0 aliphatic carbocycles. The molecule has 0 unspecified atom stereocenters. The van der Waals surface area contributed by atoms with Gasteiger partial charge in [0.2, 0.25) is 0 Å². The molecule has 4 heteroatoms. The van der Waals surface area contributed by atoms with E-state index in [1.807, 2.05) is 0 Å². The Morgan fingerprint density at radius 2 is 2.31 bits per heavy atom. The maximum Gasteiger partial charge on any atom is 0.169 e. The first-order chi connectivity index (χ1) is 6.24. The monoisotopic (exact) mass is 198 g/mol. The topological polar surface area (TPSA) is 29.5 Å². The van der Waals surface area contributed by atoms with E-state index in [2.05, 4.69) is 0 Å². The molecule has 2 nitrogen and oxygen atoms in total. The van der Waals surface area contributed by atoms with Crippen LogP contribution in [0.2, 0.25) is 0 Å². The van der Waals surface area contributed by atoms with E-state index in [-0.39, 0.29) is 11.5 Å². The number of hydrogen-bond acceptors (Lipinski definition) is 3. The lowest BCUT2D eigenvalue weighted by atomic mass is 10.2. The summed E-state index contributed by atoms with van der Waals surface area (Å²) in [5.74, 6) is -0.386. The van der Waals surface area contributed by atoms with Gasteiger partial charge in [0.1, 0.15) is 5.75 Å². The number of halogens is 1. The Hall–Kier alpha value is -1.29. The van der Waals surface area contributed by atoms with Gasteiger partial charge in [-0.25, -0.2) is 4.39 Å². The number of methoxy groups -OCH3 is 1. The van der Waals surface area contributed by atoms with Gasteiger partial charge in [-0.15, -0.1) is 11.3 Å². The molecule has 0 saturated carbocycles. The van der Waals surface area contributed by atoms with Crippen LogP contribution in [0, 0.1) is 5.82 Å². The fourth-order valence-corrected chi connectivity index (χ4v) is 2.08. The third kappa shape index (κ3) is 1.14. The second-order valence-corrected chi connectivity index (χ2v) is 3.49. The lowest BCUT2D eigenvalue weighted by Crippen LogP contribution is -1.87. The molecular weight excluding hydrogens is 191 g/mol. The molecule has 0 fully saturated rings. The van der Waals surface area contributed by atoms with Crippen LogP contribution in [0.1, 0.15) is 0 Å². The van der Waals surface area contributed by atoms with E-state index >= 15 is 0 Å². The van der Waals surface area contributed by atoms with Gasteiger partial charge in [0.25, 0.3) is 0 Å². The molecule has 0 aliphatic rings. The molecular formula is C9H7FO2S. The largest absolute Gasteiger partial charge is 0.506 e. The molecule has 0 atom stereocenters. The molecule has 0 bridgehead atoms. The van der Waals surface area contributed by atoms with Gasteiger partial charge in [-0.2, -0.15) is 0 Å². The second-order valence-electron chi connectivity index (χ2n) is 2.57. The summed E-state index contributed by atoms with van der Waals surface area (Å²) in [4.78, 5) is 0. The van der Waals surface area contributed by atoms with E-state index in [1.165, 1.54) is 18.4 Å². The Labute approximate surface area is 78.2 Å². The van der Waals surface area contributed by atoms with Crippen LogP contribution in [0.3, 0.4) is 0 Å². The third-order valence-corrected chi connectivity index (χ3v) is 2.76. The number of thiophene rings is 1. The van der Waals surface area contributed by atoms with Crippen molar-refractivity contribution in [1.29, 1.82) is 0 Å². The standard InChI is InChI=1S/C9H7FO2S/c1-12-8-5-2-3-13-9(5)7(11)4-6(8)10/h2-4,11H,1H3. The van der Waals surface area contributed by atoms with Gasteiger partial charge in [-0.1, -0.05) is 0 Å². The number of ether oxygens (including phenoxy) is 1. The molecule has 2 aromatic rings. The van der Waals surface area contributed by atoms with Crippen molar-refractivity contribution < 1.29 is 14.2 Å². The van der Waals surface area contributed by atoms with E-state index in [4.69, 9.17) is 4.74 Å². The quantitative estimate of drug-likeness (QED) is 0.763. The molecule has 0 aliphatic heterocycles. The molecule has 0 saturated heterocycles. The maximum absolute atomic E-state index is 13.2. The highest BCUT2D eigenvalue weighted by atomic mass is 32.1. The zero-order valence-electron chi connectivity index (χ0n) is 6.87. The Morgan fingerprint density at radius 1 is 1.54 bits per heavy atom. The van der Waals surface area contributed by atoms with Crippen LogP contribution in [-0.4, -0.2) is 12.2 Å². The molecule has 0 amide bonds. The molecule has 0 radical (unpaired) electrons. The minimum Gasteiger partial charge on any atom is -0.506 e. The average molecular weight is 198 g/mol. The number of phenolic OH excluding ortho intramolecular Hbond substituents is 1. The van der Waals surface area contributed by atoms with Crippen molar-refractivity contribution in [2.75, 3.05) is 7.11 Å². The van der Waals surface area contributed by atoms with E-state index in [9.17, 15) is 9.50 Å². The highest BCUT2D eigenvalue weighted by Crippen LogP contribution is 2.38. The van der Waals surface area contributed by atoms with Gasteiger partial charge in [-0.05, 0) is 11.4 Å². The number of phenols is 1. The molecule has 0 spiro atoms. The molecule has 13 heavy (non-hydrogen) atoms. The van der Waals surface area contributed by atoms with E-state index in [0.717, 1.165) is 6.07 Å². The molecule has 1 N–H and O–H groups in total. The maximum atomic E-state index is 13.2. The van der Waals surface area contributed by atoms with E-state index < -0.39 is 5.82 Å². The summed E-state index contributed by atoms with van der Waals surface area (Å²) in [5.41, 5.74) is 0. The summed E-state index contributed by atoms with van der Waals surface area (Å²) in [7, 11) is 1.41. The zero-order valence-corrected chi connectivity index (χ0v) is 7.69. The summed E-state index contributed by atoms with van der Waals surface area (Å²) in [6, 6.07) is 2.79. The fourth-order valence-electron chi connectivity index (χ4n) is 1.27. The van der Waals surface area contributed by atoms with Gasteiger partial charge in [-0.3, -0.25) is 0 Å². The van der Waals surface area contributed by atoms with E-state index in [0.29, 0.717) is 10.1 Å². The van der Waals surface area contributed by atoms with Gasteiger partial charge in [0.15, 0.2) is 11.6 Å². The van der Waals surface area contributed by atoms with Crippen molar-refractivity contribution in [3.8, 4) is 11.5 Å². The minimum atomic E-state index is -0.536. The first-order valence-electron chi connectivity index (χ1n) is 3.66. The lowest BCUT2D eigenvalue weighted by Gasteiger charge is -2.04. The van der Waals surface area contributed by atoms with Crippen LogP contribution in [0.5, 0.6) is 11.5 Å². The van der Waals surface area contributed by atoms with Crippen LogP contribution < -0.4 is 4.74 Å². The van der Waals surface area contributed by atoms with Crippen molar-refractivity contribution in [1.82, 2.24) is 0 Å². The molecule has 1 heterocycles. The SMILES string of the molecule is COc1c(F)cc(O)c2sccc12. The number of benzene rings is 1.